The fourth-order valence-electron chi connectivity index (χ4n) is 1.50. The van der Waals surface area contributed by atoms with Crippen molar-refractivity contribution in [1.82, 2.24) is 4.98 Å². The molecule has 0 saturated carbocycles. The molecule has 4 nitrogen and oxygen atoms in total. The second kappa shape index (κ2) is 4.50. The van der Waals surface area contributed by atoms with Gasteiger partial charge in [0.2, 0.25) is 0 Å². The molecule has 0 amide bonds. The number of carbonyl (C=O) groups is 1. The molecular formula is C11H8BrClN2O2. The summed E-state index contributed by atoms with van der Waals surface area (Å²) in [4.78, 5) is 15.6. The molecule has 0 aliphatic heterocycles. The number of anilines is 1. The molecule has 2 aromatic rings. The molecule has 0 saturated heterocycles. The van der Waals surface area contributed by atoms with E-state index in [0.717, 1.165) is 0 Å². The predicted octanol–water partition coefficient (Wildman–Crippen LogP) is 3.02. The summed E-state index contributed by atoms with van der Waals surface area (Å²) >= 11 is 9.28. The van der Waals surface area contributed by atoms with Crippen LogP contribution in [-0.4, -0.2) is 18.1 Å². The van der Waals surface area contributed by atoms with Crippen LogP contribution in [0.15, 0.2) is 22.8 Å². The lowest BCUT2D eigenvalue weighted by atomic mass is 10.1. The maximum atomic E-state index is 11.4. The summed E-state index contributed by atoms with van der Waals surface area (Å²) in [5.74, 6) is -0.511. The monoisotopic (exact) mass is 314 g/mol. The number of esters is 1. The largest absolute Gasteiger partial charge is 0.465 e. The Morgan fingerprint density at radius 1 is 1.53 bits per heavy atom. The van der Waals surface area contributed by atoms with Gasteiger partial charge in [0.05, 0.1) is 27.8 Å². The van der Waals surface area contributed by atoms with Crippen molar-refractivity contribution in [3.05, 3.63) is 33.4 Å². The van der Waals surface area contributed by atoms with Gasteiger partial charge in [-0.2, -0.15) is 0 Å². The zero-order valence-corrected chi connectivity index (χ0v) is 11.2. The second-order valence-electron chi connectivity index (χ2n) is 3.33. The average molecular weight is 316 g/mol. The summed E-state index contributed by atoms with van der Waals surface area (Å²) in [6, 6.07) is 3.41. The number of nitrogens with zero attached hydrogens (tertiary/aromatic N) is 1. The van der Waals surface area contributed by atoms with Crippen molar-refractivity contribution < 1.29 is 9.53 Å². The van der Waals surface area contributed by atoms with Gasteiger partial charge in [0.1, 0.15) is 5.56 Å². The van der Waals surface area contributed by atoms with Crippen molar-refractivity contribution in [2.75, 3.05) is 12.8 Å². The third kappa shape index (κ3) is 1.96. The van der Waals surface area contributed by atoms with E-state index in [1.54, 1.807) is 12.1 Å². The Morgan fingerprint density at radius 3 is 2.88 bits per heavy atom. The molecule has 1 aromatic carbocycles. The van der Waals surface area contributed by atoms with Crippen LogP contribution in [0, 0.1) is 0 Å². The first kappa shape index (κ1) is 12.1. The average Bonchev–Trinajstić information content (AvgIpc) is 2.33. The number of nitrogens with two attached hydrogens (primary N) is 1. The van der Waals surface area contributed by atoms with E-state index in [1.165, 1.54) is 13.3 Å². The zero-order valence-electron chi connectivity index (χ0n) is 8.83. The molecule has 6 heteroatoms. The van der Waals surface area contributed by atoms with Gasteiger partial charge in [-0.15, -0.1) is 0 Å². The molecule has 88 valence electrons. The van der Waals surface area contributed by atoms with Gasteiger partial charge in [-0.25, -0.2) is 4.79 Å². The Labute approximate surface area is 111 Å². The van der Waals surface area contributed by atoms with Gasteiger partial charge >= 0.3 is 5.97 Å². The predicted molar refractivity (Wildman–Crippen MR) is 70.2 cm³/mol. The van der Waals surface area contributed by atoms with Gasteiger partial charge in [0.25, 0.3) is 0 Å². The maximum Gasteiger partial charge on any atom is 0.341 e. The fraction of sp³-hybridized carbons (Fsp3) is 0.0909. The van der Waals surface area contributed by atoms with Crippen molar-refractivity contribution in [2.45, 2.75) is 0 Å². The molecule has 17 heavy (non-hydrogen) atoms. The van der Waals surface area contributed by atoms with Gasteiger partial charge in [-0.3, -0.25) is 4.98 Å². The first-order chi connectivity index (χ1) is 8.06. The maximum absolute atomic E-state index is 11.4. The summed E-state index contributed by atoms with van der Waals surface area (Å²) in [6.07, 6.45) is 1.38. The normalized spacial score (nSPS) is 10.5. The van der Waals surface area contributed by atoms with Crippen LogP contribution < -0.4 is 5.73 Å². The van der Waals surface area contributed by atoms with E-state index in [1.807, 2.05) is 0 Å². The molecule has 0 unspecified atom stereocenters. The molecule has 0 atom stereocenters. The Morgan fingerprint density at radius 2 is 2.24 bits per heavy atom. The summed E-state index contributed by atoms with van der Waals surface area (Å²) in [6.45, 7) is 0. The molecule has 0 radical (unpaired) electrons. The van der Waals surface area contributed by atoms with E-state index < -0.39 is 5.97 Å². The number of benzene rings is 1. The van der Waals surface area contributed by atoms with Crippen LogP contribution in [0.5, 0.6) is 0 Å². The van der Waals surface area contributed by atoms with Crippen LogP contribution in [0.3, 0.4) is 0 Å². The van der Waals surface area contributed by atoms with Crippen LogP contribution in [0.1, 0.15) is 10.4 Å². The first-order valence-electron chi connectivity index (χ1n) is 4.66. The SMILES string of the molecule is COC(=O)c1cnc2c(Br)c(Cl)ccc2c1N. The highest BCUT2D eigenvalue weighted by Crippen LogP contribution is 2.33. The number of hydrogen-bond donors (Lipinski definition) is 1. The van der Waals surface area contributed by atoms with Crippen LogP contribution in [-0.2, 0) is 4.74 Å². The highest BCUT2D eigenvalue weighted by Gasteiger charge is 2.15. The lowest BCUT2D eigenvalue weighted by molar-refractivity contribution is 0.0601. The highest BCUT2D eigenvalue weighted by atomic mass is 79.9. The van der Waals surface area contributed by atoms with E-state index in [9.17, 15) is 4.79 Å². The van der Waals surface area contributed by atoms with Gasteiger partial charge < -0.3 is 10.5 Å². The Kier molecular flexibility index (Phi) is 3.22. The minimum absolute atomic E-state index is 0.245. The molecule has 1 heterocycles. The number of methoxy groups -OCH3 is 1. The molecule has 0 fully saturated rings. The van der Waals surface area contributed by atoms with Crippen molar-refractivity contribution >= 4 is 50.1 Å². The fourth-order valence-corrected chi connectivity index (χ4v) is 2.10. The molecule has 0 aliphatic rings. The van der Waals surface area contributed by atoms with Crippen LogP contribution >= 0.6 is 27.5 Å². The number of nitrogen functional groups attached to an aromatic ring is 1. The number of halogens is 2. The van der Waals surface area contributed by atoms with E-state index >= 15 is 0 Å². The summed E-state index contributed by atoms with van der Waals surface area (Å²) < 4.78 is 5.28. The van der Waals surface area contributed by atoms with Crippen LogP contribution in [0.2, 0.25) is 5.02 Å². The van der Waals surface area contributed by atoms with Gasteiger partial charge in [0, 0.05) is 11.6 Å². The number of rotatable bonds is 1. The Balaban J connectivity index is 2.77. The van der Waals surface area contributed by atoms with E-state index in [2.05, 4.69) is 25.7 Å². The molecule has 0 bridgehead atoms. The summed E-state index contributed by atoms with van der Waals surface area (Å²) in [7, 11) is 1.30. The standard InChI is InChI=1S/C11H8BrClN2O2/c1-17-11(16)6-4-15-10-5(9(6)14)2-3-7(13)8(10)12/h2-4H,1H3,(H2,14,15). The second-order valence-corrected chi connectivity index (χ2v) is 4.53. The van der Waals surface area contributed by atoms with E-state index in [4.69, 9.17) is 17.3 Å². The lowest BCUT2D eigenvalue weighted by Gasteiger charge is -2.08. The van der Waals surface area contributed by atoms with Gasteiger partial charge in [-0.05, 0) is 28.1 Å². The lowest BCUT2D eigenvalue weighted by Crippen LogP contribution is -2.07. The molecule has 2 N–H and O–H groups in total. The van der Waals surface area contributed by atoms with E-state index in [0.29, 0.717) is 26.1 Å². The quantitative estimate of drug-likeness (QED) is 0.822. The zero-order chi connectivity index (χ0) is 12.6. The summed E-state index contributed by atoms with van der Waals surface area (Å²) in [5.41, 5.74) is 7.10. The number of ether oxygens (including phenoxy) is 1. The number of pyridine rings is 1. The molecule has 1 aromatic heterocycles. The van der Waals surface area contributed by atoms with Crippen LogP contribution in [0.4, 0.5) is 5.69 Å². The Hall–Kier alpha value is -1.33. The topological polar surface area (TPSA) is 65.2 Å². The number of hydrogen-bond acceptors (Lipinski definition) is 4. The number of aromatic nitrogens is 1. The third-order valence-corrected chi connectivity index (χ3v) is 3.72. The van der Waals surface area contributed by atoms with Crippen molar-refractivity contribution in [2.24, 2.45) is 0 Å². The number of carbonyl (C=O) groups excluding carboxylic acids is 1. The number of fused-ring (bicyclic) bond motifs is 1. The minimum atomic E-state index is -0.511. The van der Waals surface area contributed by atoms with Gasteiger partial charge in [-0.1, -0.05) is 11.6 Å². The van der Waals surface area contributed by atoms with Gasteiger partial charge in [0.15, 0.2) is 0 Å². The van der Waals surface area contributed by atoms with E-state index in [-0.39, 0.29) is 5.56 Å². The third-order valence-electron chi connectivity index (χ3n) is 2.38. The molecule has 2 rings (SSSR count). The molecule has 0 spiro atoms. The minimum Gasteiger partial charge on any atom is -0.465 e. The smallest absolute Gasteiger partial charge is 0.341 e. The van der Waals surface area contributed by atoms with Crippen molar-refractivity contribution in [3.63, 3.8) is 0 Å². The first-order valence-corrected chi connectivity index (χ1v) is 5.84. The summed E-state index contributed by atoms with van der Waals surface area (Å²) in [5, 5.41) is 1.19. The highest BCUT2D eigenvalue weighted by molar-refractivity contribution is 9.10. The Bertz CT molecular complexity index is 616. The molecular weight excluding hydrogens is 307 g/mol. The van der Waals surface area contributed by atoms with Crippen LogP contribution in [0.25, 0.3) is 10.9 Å². The van der Waals surface area contributed by atoms with Crippen molar-refractivity contribution in [1.29, 1.82) is 0 Å². The van der Waals surface area contributed by atoms with Crippen molar-refractivity contribution in [3.8, 4) is 0 Å². The molecule has 0 aliphatic carbocycles.